The smallest absolute Gasteiger partial charge is 0.407 e. The number of nitrogens with one attached hydrogen (secondary N) is 4. The highest BCUT2D eigenvalue weighted by molar-refractivity contribution is 5.88. The molecule has 0 radical (unpaired) electrons. The van der Waals surface area contributed by atoms with Crippen molar-refractivity contribution in [3.8, 4) is 22.6 Å². The topological polar surface area (TPSA) is 184 Å². The summed E-state index contributed by atoms with van der Waals surface area (Å²) >= 11 is 0. The summed E-state index contributed by atoms with van der Waals surface area (Å²) in [6.07, 6.45) is 1.94. The number of carbonyl (C=O) groups is 4. The number of amides is 4. The van der Waals surface area contributed by atoms with E-state index >= 15 is 0 Å². The van der Waals surface area contributed by atoms with E-state index in [0.29, 0.717) is 30.4 Å². The number of carbonyl (C=O) groups excluding carboxylic acids is 4. The number of benzene rings is 3. The van der Waals surface area contributed by atoms with Gasteiger partial charge >= 0.3 is 12.2 Å². The molecule has 2 aliphatic rings. The largest absolute Gasteiger partial charge is 0.457 e. The molecule has 15 nitrogen and oxygen atoms in total. The highest BCUT2D eigenvalue weighted by Gasteiger charge is 2.39. The minimum atomic E-state index is -0.704. The maximum atomic E-state index is 13.6. The Hall–Kier alpha value is -6.12. The monoisotopic (exact) mass is 778 g/mol. The first-order valence-corrected chi connectivity index (χ1v) is 19.5. The minimum Gasteiger partial charge on any atom is -0.457 e. The van der Waals surface area contributed by atoms with Gasteiger partial charge in [-0.1, -0.05) is 45.9 Å². The number of aromatic nitrogens is 4. The molecule has 0 unspecified atom stereocenters. The van der Waals surface area contributed by atoms with Gasteiger partial charge in [-0.05, 0) is 85.0 Å². The number of likely N-dealkylation sites (tertiary alicyclic amines) is 2. The number of nitrogens with zero attached hydrogens (tertiary/aromatic N) is 4. The van der Waals surface area contributed by atoms with Crippen molar-refractivity contribution in [1.29, 1.82) is 0 Å². The van der Waals surface area contributed by atoms with E-state index in [1.54, 1.807) is 4.90 Å². The van der Waals surface area contributed by atoms with Crippen LogP contribution in [0.2, 0.25) is 0 Å². The SMILES string of the molecule is COC(=O)N[C@H](C(=O)N1CCC[C@H]1c1nc2cc(-c3ccc(Oc4ccc5nc([C@@H]6CCCN6C(=O)[C@@H](NC(=O)OC)C(C)C)[nH]c5c4)cc3)ccc2[nH]1)C(C)C. The summed E-state index contributed by atoms with van der Waals surface area (Å²) < 4.78 is 15.8. The van der Waals surface area contributed by atoms with E-state index in [1.165, 1.54) is 14.2 Å². The molecular weight excluding hydrogens is 729 g/mol. The molecule has 3 aromatic carbocycles. The van der Waals surface area contributed by atoms with E-state index in [2.05, 4.69) is 20.6 Å². The van der Waals surface area contributed by atoms with Crippen LogP contribution in [-0.2, 0) is 19.1 Å². The van der Waals surface area contributed by atoms with Crippen molar-refractivity contribution < 1.29 is 33.4 Å². The normalized spacial score (nSPS) is 18.0. The second kappa shape index (κ2) is 16.5. The lowest BCUT2D eigenvalue weighted by atomic mass is 10.0. The van der Waals surface area contributed by atoms with Gasteiger partial charge in [0.15, 0.2) is 0 Å². The van der Waals surface area contributed by atoms with Gasteiger partial charge in [0.05, 0.1) is 48.4 Å². The number of rotatable bonds is 11. The zero-order valence-corrected chi connectivity index (χ0v) is 33.1. The molecule has 0 bridgehead atoms. The van der Waals surface area contributed by atoms with Crippen molar-refractivity contribution >= 4 is 46.1 Å². The maximum Gasteiger partial charge on any atom is 0.407 e. The molecular formula is C42H50N8O7. The number of hydrogen-bond donors (Lipinski definition) is 4. The standard InChI is InChI=1S/C42H50N8O7/c1-23(2)35(47-41(53)55-5)39(51)49-19-7-9-33(49)37-43-29-17-13-26(21-31(29)45-37)25-11-14-27(15-12-25)57-28-16-18-30-32(22-28)46-38(44-30)34-10-8-20-50(34)40(52)36(24(3)4)48-42(54)56-6/h11-18,21-24,33-36H,7-10,19-20H2,1-6H3,(H,43,45)(H,44,46)(H,47,53)(H,48,54)/t33-,34-,35-,36-/m0/s1. The van der Waals surface area contributed by atoms with Crippen molar-refractivity contribution in [2.45, 2.75) is 77.5 Å². The Morgan fingerprint density at radius 3 is 1.70 bits per heavy atom. The summed E-state index contributed by atoms with van der Waals surface area (Å²) in [7, 11) is 2.57. The van der Waals surface area contributed by atoms with E-state index in [-0.39, 0.29) is 35.7 Å². The minimum absolute atomic E-state index is 0.113. The molecule has 15 heteroatoms. The fourth-order valence-electron chi connectivity index (χ4n) is 7.83. The third kappa shape index (κ3) is 8.23. The van der Waals surface area contributed by atoms with Crippen LogP contribution in [0.25, 0.3) is 33.2 Å². The van der Waals surface area contributed by atoms with Gasteiger partial charge in [-0.25, -0.2) is 19.6 Å². The lowest BCUT2D eigenvalue weighted by molar-refractivity contribution is -0.136. The third-order valence-electron chi connectivity index (χ3n) is 10.9. The average molecular weight is 779 g/mol. The van der Waals surface area contributed by atoms with Crippen LogP contribution in [0.4, 0.5) is 9.59 Å². The third-order valence-corrected chi connectivity index (χ3v) is 10.9. The summed E-state index contributed by atoms with van der Waals surface area (Å²) in [5.74, 6) is 2.19. The summed E-state index contributed by atoms with van der Waals surface area (Å²) in [5, 5.41) is 5.39. The molecule has 2 fully saturated rings. The zero-order valence-electron chi connectivity index (χ0n) is 33.1. The lowest BCUT2D eigenvalue weighted by Gasteiger charge is -2.29. The molecule has 2 saturated heterocycles. The number of imidazole rings is 2. The van der Waals surface area contributed by atoms with E-state index in [0.717, 1.165) is 64.7 Å². The van der Waals surface area contributed by atoms with Gasteiger partial charge in [0, 0.05) is 19.2 Å². The molecule has 0 spiro atoms. The van der Waals surface area contributed by atoms with Gasteiger partial charge in [-0.3, -0.25) is 9.59 Å². The highest BCUT2D eigenvalue weighted by atomic mass is 16.5. The molecule has 5 aromatic rings. The number of hydrogen-bond acceptors (Lipinski definition) is 9. The Bertz CT molecular complexity index is 2270. The Morgan fingerprint density at radius 2 is 1.16 bits per heavy atom. The predicted molar refractivity (Wildman–Crippen MR) is 213 cm³/mol. The molecule has 57 heavy (non-hydrogen) atoms. The number of H-pyrrole nitrogens is 2. The molecule has 300 valence electrons. The Morgan fingerprint density at radius 1 is 0.649 bits per heavy atom. The first kappa shape index (κ1) is 39.1. The fraction of sp³-hybridized carbons (Fsp3) is 0.429. The van der Waals surface area contributed by atoms with E-state index in [1.807, 2.05) is 93.3 Å². The maximum absolute atomic E-state index is 13.6. The summed E-state index contributed by atoms with van der Waals surface area (Å²) in [6, 6.07) is 17.7. The van der Waals surface area contributed by atoms with Crippen LogP contribution < -0.4 is 15.4 Å². The zero-order chi connectivity index (χ0) is 40.4. The predicted octanol–water partition coefficient (Wildman–Crippen LogP) is 6.99. The lowest BCUT2D eigenvalue weighted by Crippen LogP contribution is -2.51. The van der Waals surface area contributed by atoms with Crippen molar-refractivity contribution in [2.24, 2.45) is 11.8 Å². The van der Waals surface area contributed by atoms with Crippen molar-refractivity contribution in [3.63, 3.8) is 0 Å². The number of ether oxygens (including phenoxy) is 3. The van der Waals surface area contributed by atoms with Gasteiger partial charge in [-0.15, -0.1) is 0 Å². The van der Waals surface area contributed by atoms with Gasteiger partial charge in [0.1, 0.15) is 35.2 Å². The van der Waals surface area contributed by atoms with Crippen LogP contribution in [0.5, 0.6) is 11.5 Å². The van der Waals surface area contributed by atoms with Crippen LogP contribution >= 0.6 is 0 Å². The van der Waals surface area contributed by atoms with Crippen molar-refractivity contribution in [1.82, 2.24) is 40.4 Å². The van der Waals surface area contributed by atoms with Crippen LogP contribution in [0, 0.1) is 11.8 Å². The van der Waals surface area contributed by atoms with Gasteiger partial charge in [0.25, 0.3) is 0 Å². The van der Waals surface area contributed by atoms with Gasteiger partial charge in [0.2, 0.25) is 11.8 Å². The highest BCUT2D eigenvalue weighted by Crippen LogP contribution is 2.36. The number of fused-ring (bicyclic) bond motifs is 2. The van der Waals surface area contributed by atoms with Crippen LogP contribution in [-0.4, -0.2) is 93.1 Å². The second-order valence-electron chi connectivity index (χ2n) is 15.4. The fourth-order valence-corrected chi connectivity index (χ4v) is 7.83. The van der Waals surface area contributed by atoms with Gasteiger partial charge < -0.3 is 44.6 Å². The average Bonchev–Trinajstić information content (AvgIpc) is 4.03. The van der Waals surface area contributed by atoms with Crippen molar-refractivity contribution in [3.05, 3.63) is 72.3 Å². The molecule has 4 amide bonds. The quantitative estimate of drug-likeness (QED) is 0.110. The second-order valence-corrected chi connectivity index (χ2v) is 15.4. The molecule has 4 heterocycles. The molecule has 0 saturated carbocycles. The molecule has 2 aliphatic heterocycles. The summed E-state index contributed by atoms with van der Waals surface area (Å²) in [6.45, 7) is 8.75. The van der Waals surface area contributed by atoms with E-state index in [9.17, 15) is 19.2 Å². The Balaban J connectivity index is 1.03. The van der Waals surface area contributed by atoms with Crippen molar-refractivity contribution in [2.75, 3.05) is 27.3 Å². The molecule has 0 aliphatic carbocycles. The first-order chi connectivity index (χ1) is 27.4. The van der Waals surface area contributed by atoms with E-state index in [4.69, 9.17) is 24.2 Å². The van der Waals surface area contributed by atoms with Crippen LogP contribution in [0.1, 0.15) is 77.1 Å². The molecule has 2 aromatic heterocycles. The first-order valence-electron chi connectivity index (χ1n) is 19.5. The summed E-state index contributed by atoms with van der Waals surface area (Å²) in [5.41, 5.74) is 5.21. The van der Waals surface area contributed by atoms with Gasteiger partial charge in [-0.2, -0.15) is 0 Å². The Labute approximate surface area is 330 Å². The van der Waals surface area contributed by atoms with Crippen LogP contribution in [0.3, 0.4) is 0 Å². The Kier molecular flexibility index (Phi) is 11.4. The number of aromatic amines is 2. The summed E-state index contributed by atoms with van der Waals surface area (Å²) in [4.78, 5) is 71.3. The van der Waals surface area contributed by atoms with E-state index < -0.39 is 24.3 Å². The molecule has 7 rings (SSSR count). The number of methoxy groups -OCH3 is 2. The molecule has 4 N–H and O–H groups in total. The molecule has 4 atom stereocenters. The van der Waals surface area contributed by atoms with Crippen LogP contribution in [0.15, 0.2) is 60.7 Å². The number of alkyl carbamates (subject to hydrolysis) is 2.